The SMILES string of the molecule is O=C(c1nc(-c2ccc(N3CCOCC3)cc2)no1)N1CCCC1. The number of hydrogen-bond donors (Lipinski definition) is 0. The van der Waals surface area contributed by atoms with Crippen molar-refractivity contribution >= 4 is 11.6 Å². The maximum atomic E-state index is 12.3. The highest BCUT2D eigenvalue weighted by molar-refractivity contribution is 5.90. The van der Waals surface area contributed by atoms with Crippen molar-refractivity contribution in [3.63, 3.8) is 0 Å². The van der Waals surface area contributed by atoms with E-state index in [-0.39, 0.29) is 11.8 Å². The maximum Gasteiger partial charge on any atom is 0.316 e. The first kappa shape index (κ1) is 15.1. The quantitative estimate of drug-likeness (QED) is 0.856. The van der Waals surface area contributed by atoms with Gasteiger partial charge in [0.15, 0.2) is 0 Å². The fourth-order valence-electron chi connectivity index (χ4n) is 3.13. The van der Waals surface area contributed by atoms with Crippen LogP contribution >= 0.6 is 0 Å². The van der Waals surface area contributed by atoms with Crippen LogP contribution in [0.5, 0.6) is 0 Å². The van der Waals surface area contributed by atoms with Crippen molar-refractivity contribution in [2.75, 3.05) is 44.3 Å². The van der Waals surface area contributed by atoms with Crippen molar-refractivity contribution in [2.24, 2.45) is 0 Å². The number of anilines is 1. The first-order valence-corrected chi connectivity index (χ1v) is 8.37. The van der Waals surface area contributed by atoms with Gasteiger partial charge in [-0.1, -0.05) is 5.16 Å². The summed E-state index contributed by atoms with van der Waals surface area (Å²) in [7, 11) is 0. The Morgan fingerprint density at radius 2 is 1.71 bits per heavy atom. The Morgan fingerprint density at radius 3 is 2.42 bits per heavy atom. The van der Waals surface area contributed by atoms with E-state index in [0.29, 0.717) is 5.82 Å². The number of amides is 1. The lowest BCUT2D eigenvalue weighted by Crippen LogP contribution is -2.36. The molecule has 1 aromatic carbocycles. The largest absolute Gasteiger partial charge is 0.378 e. The summed E-state index contributed by atoms with van der Waals surface area (Å²) in [6, 6.07) is 8.00. The number of benzene rings is 1. The summed E-state index contributed by atoms with van der Waals surface area (Å²) in [5.41, 5.74) is 2.00. The van der Waals surface area contributed by atoms with Crippen molar-refractivity contribution in [2.45, 2.75) is 12.8 Å². The molecule has 0 aliphatic carbocycles. The highest BCUT2D eigenvalue weighted by Crippen LogP contribution is 2.22. The molecule has 2 saturated heterocycles. The van der Waals surface area contributed by atoms with E-state index in [1.807, 2.05) is 24.3 Å². The zero-order valence-electron chi connectivity index (χ0n) is 13.5. The monoisotopic (exact) mass is 328 g/mol. The molecule has 0 bridgehead atoms. The molecule has 4 rings (SSSR count). The third-order valence-electron chi connectivity index (χ3n) is 4.50. The molecule has 3 heterocycles. The Kier molecular flexibility index (Phi) is 4.17. The third kappa shape index (κ3) is 2.99. The van der Waals surface area contributed by atoms with Crippen molar-refractivity contribution in [3.8, 4) is 11.4 Å². The minimum absolute atomic E-state index is 0.0733. The van der Waals surface area contributed by atoms with Crippen molar-refractivity contribution in [1.29, 1.82) is 0 Å². The van der Waals surface area contributed by atoms with Crippen LogP contribution in [0.1, 0.15) is 23.5 Å². The summed E-state index contributed by atoms with van der Waals surface area (Å²) < 4.78 is 10.5. The minimum atomic E-state index is -0.170. The molecule has 1 aromatic heterocycles. The van der Waals surface area contributed by atoms with Crippen LogP contribution in [0.15, 0.2) is 28.8 Å². The summed E-state index contributed by atoms with van der Waals surface area (Å²) in [4.78, 5) is 20.6. The van der Waals surface area contributed by atoms with Crippen LogP contribution in [0, 0.1) is 0 Å². The summed E-state index contributed by atoms with van der Waals surface area (Å²) >= 11 is 0. The summed E-state index contributed by atoms with van der Waals surface area (Å²) in [5, 5.41) is 3.95. The number of aromatic nitrogens is 2. The number of likely N-dealkylation sites (tertiary alicyclic amines) is 1. The van der Waals surface area contributed by atoms with E-state index in [1.54, 1.807) is 4.90 Å². The average molecular weight is 328 g/mol. The van der Waals surface area contributed by atoms with Crippen LogP contribution in [-0.2, 0) is 4.74 Å². The molecule has 126 valence electrons. The van der Waals surface area contributed by atoms with Gasteiger partial charge in [0.2, 0.25) is 5.82 Å². The standard InChI is InChI=1S/C17H20N4O3/c22-17(21-7-1-2-8-21)16-18-15(19-24-16)13-3-5-14(6-4-13)20-9-11-23-12-10-20/h3-6H,1-2,7-12H2. The Bertz CT molecular complexity index is 701. The molecule has 0 spiro atoms. The normalized spacial score (nSPS) is 18.2. The van der Waals surface area contributed by atoms with Gasteiger partial charge in [0.05, 0.1) is 13.2 Å². The van der Waals surface area contributed by atoms with Crippen LogP contribution < -0.4 is 4.90 Å². The van der Waals surface area contributed by atoms with Crippen LogP contribution in [0.2, 0.25) is 0 Å². The fourth-order valence-corrected chi connectivity index (χ4v) is 3.13. The second-order valence-corrected chi connectivity index (χ2v) is 6.07. The number of carbonyl (C=O) groups excluding carboxylic acids is 1. The van der Waals surface area contributed by atoms with E-state index in [1.165, 1.54) is 0 Å². The molecule has 0 unspecified atom stereocenters. The molecule has 0 saturated carbocycles. The molecule has 24 heavy (non-hydrogen) atoms. The summed E-state index contributed by atoms with van der Waals surface area (Å²) in [5.74, 6) is 0.353. The van der Waals surface area contributed by atoms with Crippen molar-refractivity contribution < 1.29 is 14.1 Å². The Morgan fingerprint density at radius 1 is 1.00 bits per heavy atom. The van der Waals surface area contributed by atoms with Gasteiger partial charge in [-0.15, -0.1) is 0 Å². The molecule has 0 atom stereocenters. The fraction of sp³-hybridized carbons (Fsp3) is 0.471. The van der Waals surface area contributed by atoms with Gasteiger partial charge in [0.25, 0.3) is 0 Å². The number of morpholine rings is 1. The Labute approximate surface area is 140 Å². The molecule has 2 aliphatic heterocycles. The molecule has 2 fully saturated rings. The first-order valence-electron chi connectivity index (χ1n) is 8.37. The number of rotatable bonds is 3. The smallest absolute Gasteiger partial charge is 0.316 e. The third-order valence-corrected chi connectivity index (χ3v) is 4.50. The lowest BCUT2D eigenvalue weighted by atomic mass is 10.2. The highest BCUT2D eigenvalue weighted by Gasteiger charge is 2.25. The van der Waals surface area contributed by atoms with Crippen LogP contribution in [0.25, 0.3) is 11.4 Å². The first-order chi connectivity index (χ1) is 11.8. The predicted molar refractivity (Wildman–Crippen MR) is 87.9 cm³/mol. The van der Waals surface area contributed by atoms with Gasteiger partial charge in [0.1, 0.15) is 0 Å². The lowest BCUT2D eigenvalue weighted by Gasteiger charge is -2.28. The number of carbonyl (C=O) groups is 1. The average Bonchev–Trinajstić information content (AvgIpc) is 3.34. The molecular weight excluding hydrogens is 308 g/mol. The van der Waals surface area contributed by atoms with Gasteiger partial charge in [-0.3, -0.25) is 4.79 Å². The number of hydrogen-bond acceptors (Lipinski definition) is 6. The number of nitrogens with zero attached hydrogens (tertiary/aromatic N) is 4. The van der Waals surface area contributed by atoms with E-state index in [9.17, 15) is 4.79 Å². The van der Waals surface area contributed by atoms with E-state index in [0.717, 1.165) is 63.5 Å². The van der Waals surface area contributed by atoms with Gasteiger partial charge in [-0.05, 0) is 37.1 Å². The predicted octanol–water partition coefficient (Wildman–Crippen LogP) is 1.81. The molecule has 0 radical (unpaired) electrons. The molecular formula is C17H20N4O3. The molecule has 1 amide bonds. The lowest BCUT2D eigenvalue weighted by molar-refractivity contribution is 0.0743. The van der Waals surface area contributed by atoms with Gasteiger partial charge in [-0.25, -0.2) is 0 Å². The molecule has 0 N–H and O–H groups in total. The topological polar surface area (TPSA) is 71.7 Å². The van der Waals surface area contributed by atoms with Crippen LogP contribution in [-0.4, -0.2) is 60.3 Å². The van der Waals surface area contributed by atoms with Gasteiger partial charge in [0, 0.05) is 37.4 Å². The summed E-state index contributed by atoms with van der Waals surface area (Å²) in [6.07, 6.45) is 2.07. The van der Waals surface area contributed by atoms with E-state index in [2.05, 4.69) is 15.0 Å². The van der Waals surface area contributed by atoms with Crippen molar-refractivity contribution in [1.82, 2.24) is 15.0 Å². The zero-order chi connectivity index (χ0) is 16.4. The van der Waals surface area contributed by atoms with Gasteiger partial charge in [-0.2, -0.15) is 4.98 Å². The molecule has 7 nitrogen and oxygen atoms in total. The minimum Gasteiger partial charge on any atom is -0.378 e. The molecule has 2 aliphatic rings. The van der Waals surface area contributed by atoms with Crippen LogP contribution in [0.4, 0.5) is 5.69 Å². The Hall–Kier alpha value is -2.41. The van der Waals surface area contributed by atoms with E-state index < -0.39 is 0 Å². The van der Waals surface area contributed by atoms with E-state index in [4.69, 9.17) is 9.26 Å². The van der Waals surface area contributed by atoms with Crippen LogP contribution in [0.3, 0.4) is 0 Å². The van der Waals surface area contributed by atoms with E-state index >= 15 is 0 Å². The molecule has 7 heteroatoms. The second-order valence-electron chi connectivity index (χ2n) is 6.07. The molecule has 2 aromatic rings. The van der Waals surface area contributed by atoms with Crippen molar-refractivity contribution in [3.05, 3.63) is 30.2 Å². The maximum absolute atomic E-state index is 12.3. The second kappa shape index (κ2) is 6.60. The van der Waals surface area contributed by atoms with Gasteiger partial charge >= 0.3 is 11.8 Å². The van der Waals surface area contributed by atoms with Gasteiger partial charge < -0.3 is 19.1 Å². The highest BCUT2D eigenvalue weighted by atomic mass is 16.5. The zero-order valence-corrected chi connectivity index (χ0v) is 13.5. The Balaban J connectivity index is 1.48. The summed E-state index contributed by atoms with van der Waals surface area (Å²) in [6.45, 7) is 4.85. The number of ether oxygens (including phenoxy) is 1.